The summed E-state index contributed by atoms with van der Waals surface area (Å²) in [5, 5.41) is 14.9. The zero-order chi connectivity index (χ0) is 22.4. The highest BCUT2D eigenvalue weighted by atomic mass is 79.9. The molecule has 9 heteroatoms. The van der Waals surface area contributed by atoms with E-state index in [2.05, 4.69) is 36.8 Å². The summed E-state index contributed by atoms with van der Waals surface area (Å²) in [6, 6.07) is 13.8. The van der Waals surface area contributed by atoms with Crippen LogP contribution in [0.4, 0.5) is 5.13 Å². The Hall–Kier alpha value is -2.78. The predicted molar refractivity (Wildman–Crippen MR) is 125 cm³/mol. The summed E-state index contributed by atoms with van der Waals surface area (Å²) in [5.41, 5.74) is 1.36. The Morgan fingerprint density at radius 1 is 1.16 bits per heavy atom. The van der Waals surface area contributed by atoms with Gasteiger partial charge >= 0.3 is 0 Å². The highest BCUT2D eigenvalue weighted by molar-refractivity contribution is 9.10. The minimum atomic E-state index is -0.704. The Kier molecular flexibility index (Phi) is 7.75. The molecule has 0 spiro atoms. The van der Waals surface area contributed by atoms with Gasteiger partial charge in [0.25, 0.3) is 5.91 Å². The van der Waals surface area contributed by atoms with Crippen molar-refractivity contribution >= 4 is 44.2 Å². The quantitative estimate of drug-likeness (QED) is 0.463. The van der Waals surface area contributed by atoms with Crippen LogP contribution < -0.4 is 15.4 Å². The van der Waals surface area contributed by atoms with Crippen LogP contribution in [0.1, 0.15) is 30.6 Å². The minimum absolute atomic E-state index is 0.0647. The summed E-state index contributed by atoms with van der Waals surface area (Å²) >= 11 is 4.63. The predicted octanol–water partition coefficient (Wildman–Crippen LogP) is 4.76. The lowest BCUT2D eigenvalue weighted by atomic mass is 9.98. The Morgan fingerprint density at radius 2 is 1.90 bits per heavy atom. The molecule has 0 bridgehead atoms. The fourth-order valence-electron chi connectivity index (χ4n) is 2.86. The van der Waals surface area contributed by atoms with Crippen molar-refractivity contribution < 1.29 is 14.3 Å². The molecule has 0 saturated heterocycles. The van der Waals surface area contributed by atoms with E-state index in [0.29, 0.717) is 15.7 Å². The number of rotatable bonds is 8. The van der Waals surface area contributed by atoms with E-state index in [1.54, 1.807) is 25.3 Å². The molecule has 0 saturated carbocycles. The summed E-state index contributed by atoms with van der Waals surface area (Å²) in [6.45, 7) is 3.90. The molecular formula is C22H23BrN4O3S. The molecule has 1 aromatic heterocycles. The lowest BCUT2D eigenvalue weighted by Crippen LogP contribution is -2.47. The molecule has 0 radical (unpaired) electrons. The number of methoxy groups -OCH3 is 1. The van der Waals surface area contributed by atoms with Gasteiger partial charge in [0.2, 0.25) is 11.0 Å². The number of nitrogens with zero attached hydrogens (tertiary/aromatic N) is 2. The van der Waals surface area contributed by atoms with E-state index in [1.807, 2.05) is 44.2 Å². The maximum Gasteiger partial charge on any atom is 0.251 e. The molecule has 162 valence electrons. The van der Waals surface area contributed by atoms with Crippen LogP contribution in [0.25, 0.3) is 10.6 Å². The van der Waals surface area contributed by atoms with Gasteiger partial charge in [0.05, 0.1) is 7.11 Å². The first-order valence-corrected chi connectivity index (χ1v) is 11.4. The first kappa shape index (κ1) is 22.9. The van der Waals surface area contributed by atoms with Crippen LogP contribution in [0, 0.1) is 5.92 Å². The van der Waals surface area contributed by atoms with Crippen LogP contribution in [0.5, 0.6) is 5.75 Å². The van der Waals surface area contributed by atoms with E-state index in [0.717, 1.165) is 22.2 Å². The summed E-state index contributed by atoms with van der Waals surface area (Å²) in [6.07, 6.45) is 0.726. The zero-order valence-electron chi connectivity index (χ0n) is 17.4. The Morgan fingerprint density at radius 3 is 2.55 bits per heavy atom. The van der Waals surface area contributed by atoms with Crippen molar-refractivity contribution in [2.24, 2.45) is 5.92 Å². The maximum absolute atomic E-state index is 13.0. The van der Waals surface area contributed by atoms with Crippen molar-refractivity contribution in [1.29, 1.82) is 0 Å². The first-order chi connectivity index (χ1) is 14.9. The molecular weight excluding hydrogens is 480 g/mol. The molecule has 2 atom stereocenters. The molecule has 0 aliphatic carbocycles. The van der Waals surface area contributed by atoms with Crippen LogP contribution in [-0.2, 0) is 4.79 Å². The van der Waals surface area contributed by atoms with Gasteiger partial charge in [0.15, 0.2) is 0 Å². The molecule has 2 unspecified atom stereocenters. The second kappa shape index (κ2) is 10.5. The number of hydrogen-bond acceptors (Lipinski definition) is 6. The third-order valence-electron chi connectivity index (χ3n) is 4.86. The maximum atomic E-state index is 13.0. The zero-order valence-corrected chi connectivity index (χ0v) is 19.8. The number of benzene rings is 2. The van der Waals surface area contributed by atoms with Gasteiger partial charge in [-0.1, -0.05) is 53.6 Å². The second-order valence-corrected chi connectivity index (χ2v) is 8.87. The van der Waals surface area contributed by atoms with Crippen molar-refractivity contribution in [3.05, 3.63) is 58.6 Å². The van der Waals surface area contributed by atoms with Crippen LogP contribution >= 0.6 is 27.3 Å². The number of ether oxygens (including phenoxy) is 1. The Balaban J connectivity index is 1.72. The van der Waals surface area contributed by atoms with Gasteiger partial charge in [-0.25, -0.2) is 0 Å². The van der Waals surface area contributed by atoms with Gasteiger partial charge in [-0.15, -0.1) is 10.2 Å². The molecule has 1 heterocycles. The van der Waals surface area contributed by atoms with E-state index in [9.17, 15) is 9.59 Å². The van der Waals surface area contributed by atoms with Crippen molar-refractivity contribution in [3.63, 3.8) is 0 Å². The number of nitrogens with one attached hydrogen (secondary N) is 2. The van der Waals surface area contributed by atoms with Gasteiger partial charge in [0, 0.05) is 15.6 Å². The number of aromatic nitrogens is 2. The lowest BCUT2D eigenvalue weighted by molar-refractivity contribution is -0.119. The number of halogens is 1. The SMILES string of the molecule is CCC(C)C(NC(=O)c1cccc(Br)c1)C(=O)Nc1nnc(-c2ccc(OC)cc2)s1. The summed E-state index contributed by atoms with van der Waals surface area (Å²) < 4.78 is 5.96. The molecule has 3 rings (SSSR count). The Bertz CT molecular complexity index is 1050. The van der Waals surface area contributed by atoms with E-state index in [1.165, 1.54) is 11.3 Å². The molecule has 0 aliphatic rings. The minimum Gasteiger partial charge on any atom is -0.497 e. The molecule has 7 nitrogen and oxygen atoms in total. The van der Waals surface area contributed by atoms with Crippen LogP contribution in [-0.4, -0.2) is 35.2 Å². The molecule has 2 amide bonds. The average Bonchev–Trinajstić information content (AvgIpc) is 3.25. The number of anilines is 1. The number of amides is 2. The lowest BCUT2D eigenvalue weighted by Gasteiger charge is -2.23. The number of carbonyl (C=O) groups is 2. The number of carbonyl (C=O) groups excluding carboxylic acids is 2. The van der Waals surface area contributed by atoms with Gasteiger partial charge in [-0.3, -0.25) is 14.9 Å². The Labute approximate surface area is 193 Å². The smallest absolute Gasteiger partial charge is 0.251 e. The molecule has 0 fully saturated rings. The summed E-state index contributed by atoms with van der Waals surface area (Å²) in [5.74, 6) is 0.0533. The molecule has 2 N–H and O–H groups in total. The fraction of sp³-hybridized carbons (Fsp3) is 0.273. The van der Waals surface area contributed by atoms with Crippen molar-refractivity contribution in [2.45, 2.75) is 26.3 Å². The summed E-state index contributed by atoms with van der Waals surface area (Å²) in [7, 11) is 1.61. The average molecular weight is 503 g/mol. The van der Waals surface area contributed by atoms with Gasteiger partial charge in [-0.2, -0.15) is 0 Å². The van der Waals surface area contributed by atoms with Crippen LogP contribution in [0.2, 0.25) is 0 Å². The second-order valence-electron chi connectivity index (χ2n) is 6.98. The van der Waals surface area contributed by atoms with E-state index in [4.69, 9.17) is 4.74 Å². The molecule has 0 aliphatic heterocycles. The normalized spacial score (nSPS) is 12.6. The van der Waals surface area contributed by atoms with Gasteiger partial charge in [0.1, 0.15) is 16.8 Å². The number of hydrogen-bond donors (Lipinski definition) is 2. The van der Waals surface area contributed by atoms with E-state index < -0.39 is 6.04 Å². The summed E-state index contributed by atoms with van der Waals surface area (Å²) in [4.78, 5) is 25.6. The van der Waals surface area contributed by atoms with Crippen molar-refractivity contribution in [2.75, 3.05) is 12.4 Å². The highest BCUT2D eigenvalue weighted by Crippen LogP contribution is 2.28. The third-order valence-corrected chi connectivity index (χ3v) is 6.24. The fourth-order valence-corrected chi connectivity index (χ4v) is 4.01. The van der Waals surface area contributed by atoms with Crippen LogP contribution in [0.15, 0.2) is 53.0 Å². The molecule has 31 heavy (non-hydrogen) atoms. The standard InChI is InChI=1S/C22H23BrN4O3S/c1-4-13(2)18(24-19(28)15-6-5-7-16(23)12-15)20(29)25-22-27-26-21(31-22)14-8-10-17(30-3)11-9-14/h5-13,18H,4H2,1-3H3,(H,24,28)(H,25,27,29). The molecule has 3 aromatic rings. The largest absolute Gasteiger partial charge is 0.497 e. The van der Waals surface area contributed by atoms with Gasteiger partial charge in [-0.05, 0) is 48.4 Å². The van der Waals surface area contributed by atoms with Crippen molar-refractivity contribution in [3.8, 4) is 16.3 Å². The van der Waals surface area contributed by atoms with E-state index in [-0.39, 0.29) is 17.7 Å². The molecule has 2 aromatic carbocycles. The highest BCUT2D eigenvalue weighted by Gasteiger charge is 2.27. The monoisotopic (exact) mass is 502 g/mol. The topological polar surface area (TPSA) is 93.2 Å². The van der Waals surface area contributed by atoms with Crippen LogP contribution in [0.3, 0.4) is 0 Å². The third kappa shape index (κ3) is 5.89. The van der Waals surface area contributed by atoms with E-state index >= 15 is 0 Å². The first-order valence-electron chi connectivity index (χ1n) is 9.76. The van der Waals surface area contributed by atoms with Gasteiger partial charge < -0.3 is 10.1 Å². The van der Waals surface area contributed by atoms with Crippen molar-refractivity contribution in [1.82, 2.24) is 15.5 Å².